The van der Waals surface area contributed by atoms with Crippen molar-refractivity contribution in [1.29, 1.82) is 0 Å². The first kappa shape index (κ1) is 13.5. The van der Waals surface area contributed by atoms with Gasteiger partial charge in [-0.15, -0.1) is 23.1 Å². The van der Waals surface area contributed by atoms with Crippen LogP contribution in [0.25, 0.3) is 0 Å². The molecule has 0 fully saturated rings. The van der Waals surface area contributed by atoms with Crippen molar-refractivity contribution >= 4 is 46.3 Å². The fraction of sp³-hybridized carbons (Fsp3) is 0.154. The topological polar surface area (TPSA) is 29.1 Å². The smallest absolute Gasteiger partial charge is 0.221 e. The van der Waals surface area contributed by atoms with Crippen molar-refractivity contribution in [3.05, 3.63) is 45.6 Å². The highest BCUT2D eigenvalue weighted by Crippen LogP contribution is 2.29. The van der Waals surface area contributed by atoms with Gasteiger partial charge in [-0.2, -0.15) is 0 Å². The molecule has 5 heteroatoms. The summed E-state index contributed by atoms with van der Waals surface area (Å²) in [7, 11) is 0. The second-order valence-electron chi connectivity index (χ2n) is 3.70. The predicted octanol–water partition coefficient (Wildman–Crippen LogP) is 4.65. The minimum Gasteiger partial charge on any atom is -0.326 e. The van der Waals surface area contributed by atoms with Crippen molar-refractivity contribution in [2.75, 3.05) is 5.32 Å². The highest BCUT2D eigenvalue weighted by Gasteiger charge is 2.01. The number of rotatable bonds is 4. The molecule has 0 saturated carbocycles. The Hall–Kier alpha value is -0.970. The Balaban J connectivity index is 1.92. The van der Waals surface area contributed by atoms with E-state index in [2.05, 4.69) is 5.32 Å². The van der Waals surface area contributed by atoms with Crippen LogP contribution in [0.3, 0.4) is 0 Å². The number of benzene rings is 1. The molecule has 0 aliphatic heterocycles. The van der Waals surface area contributed by atoms with E-state index in [4.69, 9.17) is 11.6 Å². The Morgan fingerprint density at radius 3 is 2.56 bits per heavy atom. The summed E-state index contributed by atoms with van der Waals surface area (Å²) in [6.07, 6.45) is 0. The van der Waals surface area contributed by atoms with Crippen molar-refractivity contribution in [2.24, 2.45) is 0 Å². The number of anilines is 1. The first-order chi connectivity index (χ1) is 8.63. The van der Waals surface area contributed by atoms with E-state index in [0.29, 0.717) is 0 Å². The molecule has 2 rings (SSSR count). The molecule has 0 radical (unpaired) electrons. The van der Waals surface area contributed by atoms with Crippen LogP contribution >= 0.6 is 34.7 Å². The molecule has 1 heterocycles. The van der Waals surface area contributed by atoms with Crippen LogP contribution in [0.5, 0.6) is 0 Å². The Bertz CT molecular complexity index is 536. The van der Waals surface area contributed by atoms with Crippen LogP contribution in [0.2, 0.25) is 4.34 Å². The summed E-state index contributed by atoms with van der Waals surface area (Å²) in [5.74, 6) is 0.861. The standard InChI is InChI=1S/C13H12ClNOS2/c1-9(16)15-10-2-4-11(5-3-10)17-8-12-6-7-13(14)18-12/h2-7H,8H2,1H3,(H,15,16). The van der Waals surface area contributed by atoms with Gasteiger partial charge in [-0.05, 0) is 36.4 Å². The van der Waals surface area contributed by atoms with Crippen LogP contribution in [-0.4, -0.2) is 5.91 Å². The van der Waals surface area contributed by atoms with Crippen molar-refractivity contribution < 1.29 is 4.79 Å². The summed E-state index contributed by atoms with van der Waals surface area (Å²) < 4.78 is 0.826. The molecule has 1 aromatic heterocycles. The Morgan fingerprint density at radius 2 is 2.00 bits per heavy atom. The lowest BCUT2D eigenvalue weighted by molar-refractivity contribution is -0.114. The largest absolute Gasteiger partial charge is 0.326 e. The zero-order valence-electron chi connectivity index (χ0n) is 9.77. The number of halogens is 1. The fourth-order valence-electron chi connectivity index (χ4n) is 1.42. The highest BCUT2D eigenvalue weighted by molar-refractivity contribution is 7.98. The summed E-state index contributed by atoms with van der Waals surface area (Å²) in [4.78, 5) is 13.3. The molecule has 0 aliphatic rings. The van der Waals surface area contributed by atoms with Gasteiger partial charge in [-0.25, -0.2) is 0 Å². The van der Waals surface area contributed by atoms with Crippen molar-refractivity contribution in [1.82, 2.24) is 0 Å². The van der Waals surface area contributed by atoms with E-state index in [0.717, 1.165) is 15.8 Å². The van der Waals surface area contributed by atoms with Gasteiger partial charge in [-0.1, -0.05) is 11.6 Å². The molecule has 0 aliphatic carbocycles. The molecule has 2 nitrogen and oxygen atoms in total. The normalized spacial score (nSPS) is 10.3. The first-order valence-corrected chi connectivity index (χ1v) is 7.56. The summed E-state index contributed by atoms with van der Waals surface area (Å²) in [6, 6.07) is 11.8. The molecule has 1 amide bonds. The average Bonchev–Trinajstić information content (AvgIpc) is 2.74. The SMILES string of the molecule is CC(=O)Nc1ccc(SCc2ccc(Cl)s2)cc1. The maximum atomic E-state index is 10.9. The second-order valence-corrected chi connectivity index (χ2v) is 6.55. The maximum absolute atomic E-state index is 10.9. The number of thioether (sulfide) groups is 1. The number of hydrogen-bond donors (Lipinski definition) is 1. The average molecular weight is 298 g/mol. The molecule has 1 N–H and O–H groups in total. The van der Waals surface area contributed by atoms with E-state index < -0.39 is 0 Å². The van der Waals surface area contributed by atoms with Gasteiger partial charge in [0.05, 0.1) is 4.34 Å². The molecule has 0 spiro atoms. The first-order valence-electron chi connectivity index (χ1n) is 5.38. The Kier molecular flexibility index (Phi) is 4.69. The third kappa shape index (κ3) is 4.05. The lowest BCUT2D eigenvalue weighted by Crippen LogP contribution is -2.05. The third-order valence-electron chi connectivity index (χ3n) is 2.18. The number of thiophene rings is 1. The Morgan fingerprint density at radius 1 is 1.28 bits per heavy atom. The van der Waals surface area contributed by atoms with E-state index in [9.17, 15) is 4.79 Å². The van der Waals surface area contributed by atoms with Crippen LogP contribution in [0.15, 0.2) is 41.3 Å². The zero-order chi connectivity index (χ0) is 13.0. The van der Waals surface area contributed by atoms with Crippen LogP contribution < -0.4 is 5.32 Å². The van der Waals surface area contributed by atoms with Crippen LogP contribution in [0.4, 0.5) is 5.69 Å². The fourth-order valence-corrected chi connectivity index (χ4v) is 3.45. The predicted molar refractivity (Wildman–Crippen MR) is 79.6 cm³/mol. The molecular weight excluding hydrogens is 286 g/mol. The molecule has 0 unspecified atom stereocenters. The van der Waals surface area contributed by atoms with Crippen molar-refractivity contribution in [2.45, 2.75) is 17.6 Å². The number of nitrogens with one attached hydrogen (secondary N) is 1. The molecule has 1 aromatic carbocycles. The molecular formula is C13H12ClNOS2. The van der Waals surface area contributed by atoms with Gasteiger partial charge in [-0.3, -0.25) is 4.79 Å². The van der Waals surface area contributed by atoms with Gasteiger partial charge in [0.2, 0.25) is 5.91 Å². The second kappa shape index (κ2) is 6.27. The van der Waals surface area contributed by atoms with Crippen LogP contribution in [0, 0.1) is 0 Å². The van der Waals surface area contributed by atoms with Crippen LogP contribution in [-0.2, 0) is 10.5 Å². The third-order valence-corrected chi connectivity index (χ3v) is 4.66. The lowest BCUT2D eigenvalue weighted by Gasteiger charge is -2.03. The van der Waals surface area contributed by atoms with Crippen molar-refractivity contribution in [3.63, 3.8) is 0 Å². The van der Waals surface area contributed by atoms with Gasteiger partial charge in [0.25, 0.3) is 0 Å². The number of carbonyl (C=O) groups excluding carboxylic acids is 1. The van der Waals surface area contributed by atoms with E-state index in [-0.39, 0.29) is 5.91 Å². The molecule has 2 aromatic rings. The minimum atomic E-state index is -0.0522. The summed E-state index contributed by atoms with van der Waals surface area (Å²) in [6.45, 7) is 1.50. The monoisotopic (exact) mass is 297 g/mol. The summed E-state index contributed by atoms with van der Waals surface area (Å²) >= 11 is 9.24. The maximum Gasteiger partial charge on any atom is 0.221 e. The van der Waals surface area contributed by atoms with E-state index in [1.165, 1.54) is 16.7 Å². The molecule has 18 heavy (non-hydrogen) atoms. The van der Waals surface area contributed by atoms with Gasteiger partial charge >= 0.3 is 0 Å². The van der Waals surface area contributed by atoms with Gasteiger partial charge < -0.3 is 5.32 Å². The summed E-state index contributed by atoms with van der Waals surface area (Å²) in [5.41, 5.74) is 0.825. The highest BCUT2D eigenvalue weighted by atomic mass is 35.5. The van der Waals surface area contributed by atoms with Gasteiger partial charge in [0.1, 0.15) is 0 Å². The van der Waals surface area contributed by atoms with Crippen molar-refractivity contribution in [3.8, 4) is 0 Å². The molecule has 0 bridgehead atoms. The molecule has 94 valence electrons. The molecule has 0 saturated heterocycles. The minimum absolute atomic E-state index is 0.0522. The van der Waals surface area contributed by atoms with Gasteiger partial charge in [0.15, 0.2) is 0 Å². The quantitative estimate of drug-likeness (QED) is 0.832. The lowest BCUT2D eigenvalue weighted by atomic mass is 10.3. The zero-order valence-corrected chi connectivity index (χ0v) is 12.2. The molecule has 0 atom stereocenters. The number of hydrogen-bond acceptors (Lipinski definition) is 3. The van der Waals surface area contributed by atoms with E-state index in [1.54, 1.807) is 23.1 Å². The number of carbonyl (C=O) groups is 1. The van der Waals surface area contributed by atoms with Crippen LogP contribution in [0.1, 0.15) is 11.8 Å². The van der Waals surface area contributed by atoms with Gasteiger partial charge in [0, 0.05) is 28.1 Å². The number of amides is 1. The summed E-state index contributed by atoms with van der Waals surface area (Å²) in [5, 5.41) is 2.75. The van der Waals surface area contributed by atoms with E-state index >= 15 is 0 Å². The Labute approximate surface area is 119 Å². The van der Waals surface area contributed by atoms with E-state index in [1.807, 2.05) is 36.4 Å².